The average Bonchev–Trinajstić information content (AvgIpc) is 2.42. The molecule has 2 rings (SSSR count). The first-order valence-electron chi connectivity index (χ1n) is 7.00. The molecule has 3 unspecified atom stereocenters. The Morgan fingerprint density at radius 3 is 2.74 bits per heavy atom. The van der Waals surface area contributed by atoms with Gasteiger partial charge in [-0.15, -0.1) is 0 Å². The molecule has 4 heteroatoms. The van der Waals surface area contributed by atoms with Crippen LogP contribution in [0.5, 0.6) is 11.5 Å². The van der Waals surface area contributed by atoms with Crippen LogP contribution in [-0.4, -0.2) is 28.0 Å². The summed E-state index contributed by atoms with van der Waals surface area (Å²) in [6, 6.07) is 4.79. The average molecular weight is 265 g/mol. The van der Waals surface area contributed by atoms with E-state index in [1.165, 1.54) is 25.0 Å². The van der Waals surface area contributed by atoms with Crippen LogP contribution in [0.25, 0.3) is 0 Å². The second kappa shape index (κ2) is 6.26. The molecule has 0 saturated heterocycles. The van der Waals surface area contributed by atoms with E-state index in [1.807, 2.05) is 6.92 Å². The molecule has 3 atom stereocenters. The lowest BCUT2D eigenvalue weighted by molar-refractivity contribution is 0.147. The Morgan fingerprint density at radius 2 is 2.00 bits per heavy atom. The number of aliphatic hydroxyl groups excluding tert-OH is 1. The van der Waals surface area contributed by atoms with Gasteiger partial charge in [-0.3, -0.25) is 0 Å². The monoisotopic (exact) mass is 265 g/mol. The SMILES string of the molecule is CC(NC1CCCCC1CO)c1cc(O)ccc1O. The van der Waals surface area contributed by atoms with Gasteiger partial charge in [0.1, 0.15) is 11.5 Å². The number of hydrogen-bond donors (Lipinski definition) is 4. The zero-order valence-electron chi connectivity index (χ0n) is 11.3. The topological polar surface area (TPSA) is 72.7 Å². The molecule has 1 aromatic carbocycles. The van der Waals surface area contributed by atoms with Crippen LogP contribution in [0.15, 0.2) is 18.2 Å². The number of nitrogens with one attached hydrogen (secondary N) is 1. The van der Waals surface area contributed by atoms with Crippen LogP contribution in [0.1, 0.15) is 44.2 Å². The van der Waals surface area contributed by atoms with Crippen LogP contribution in [0.3, 0.4) is 0 Å². The fraction of sp³-hybridized carbons (Fsp3) is 0.600. The molecule has 0 heterocycles. The largest absolute Gasteiger partial charge is 0.508 e. The molecular formula is C15H23NO3. The molecule has 1 aliphatic rings. The predicted octanol–water partition coefficient (Wildman–Crippen LogP) is 2.30. The van der Waals surface area contributed by atoms with Crippen molar-refractivity contribution >= 4 is 0 Å². The maximum Gasteiger partial charge on any atom is 0.120 e. The maximum atomic E-state index is 9.86. The third-order valence-corrected chi connectivity index (χ3v) is 4.09. The predicted molar refractivity (Wildman–Crippen MR) is 74.2 cm³/mol. The Labute approximate surface area is 114 Å². The first-order valence-corrected chi connectivity index (χ1v) is 7.00. The van der Waals surface area contributed by atoms with E-state index in [4.69, 9.17) is 0 Å². The fourth-order valence-electron chi connectivity index (χ4n) is 2.95. The van der Waals surface area contributed by atoms with Crippen LogP contribution in [-0.2, 0) is 0 Å². The van der Waals surface area contributed by atoms with Crippen LogP contribution in [0.4, 0.5) is 0 Å². The molecule has 4 nitrogen and oxygen atoms in total. The molecule has 1 fully saturated rings. The first kappa shape index (κ1) is 14.2. The molecule has 0 amide bonds. The van der Waals surface area contributed by atoms with Gasteiger partial charge in [0.2, 0.25) is 0 Å². The molecule has 0 radical (unpaired) electrons. The number of hydrogen-bond acceptors (Lipinski definition) is 4. The van der Waals surface area contributed by atoms with Crippen molar-refractivity contribution in [2.24, 2.45) is 5.92 Å². The summed E-state index contributed by atoms with van der Waals surface area (Å²) in [6.07, 6.45) is 4.45. The second-order valence-corrected chi connectivity index (χ2v) is 5.47. The smallest absolute Gasteiger partial charge is 0.120 e. The van der Waals surface area contributed by atoms with E-state index in [2.05, 4.69) is 5.32 Å². The zero-order chi connectivity index (χ0) is 13.8. The number of aliphatic hydroxyl groups is 1. The lowest BCUT2D eigenvalue weighted by Gasteiger charge is -2.33. The summed E-state index contributed by atoms with van der Waals surface area (Å²) >= 11 is 0. The molecule has 0 bridgehead atoms. The number of phenolic OH excluding ortho intramolecular Hbond substituents is 2. The standard InChI is InChI=1S/C15H23NO3/c1-10(13-8-12(18)6-7-15(13)19)16-14-5-3-2-4-11(14)9-17/h6-8,10-11,14,16-19H,2-5,9H2,1H3. The van der Waals surface area contributed by atoms with Gasteiger partial charge in [-0.25, -0.2) is 0 Å². The summed E-state index contributed by atoms with van der Waals surface area (Å²) in [6.45, 7) is 2.17. The number of benzene rings is 1. The van der Waals surface area contributed by atoms with Crippen molar-refractivity contribution in [1.82, 2.24) is 5.32 Å². The summed E-state index contributed by atoms with van der Waals surface area (Å²) in [5.74, 6) is 0.633. The highest BCUT2D eigenvalue weighted by atomic mass is 16.3. The normalized spacial score (nSPS) is 25.2. The van der Waals surface area contributed by atoms with Gasteiger partial charge in [0.05, 0.1) is 0 Å². The summed E-state index contributed by atoms with van der Waals surface area (Å²) in [5.41, 5.74) is 0.697. The third-order valence-electron chi connectivity index (χ3n) is 4.09. The molecule has 1 saturated carbocycles. The minimum absolute atomic E-state index is 0.0516. The molecule has 1 aliphatic carbocycles. The summed E-state index contributed by atoms with van der Waals surface area (Å²) in [7, 11) is 0. The Kier molecular flexibility index (Phi) is 4.66. The van der Waals surface area contributed by atoms with Crippen LogP contribution in [0.2, 0.25) is 0 Å². The first-order chi connectivity index (χ1) is 9.11. The highest BCUT2D eigenvalue weighted by Crippen LogP contribution is 2.31. The molecule has 4 N–H and O–H groups in total. The fourth-order valence-corrected chi connectivity index (χ4v) is 2.95. The van der Waals surface area contributed by atoms with Crippen molar-refractivity contribution in [3.63, 3.8) is 0 Å². The number of rotatable bonds is 4. The van der Waals surface area contributed by atoms with Crippen LogP contribution < -0.4 is 5.32 Å². The highest BCUT2D eigenvalue weighted by molar-refractivity contribution is 5.40. The van der Waals surface area contributed by atoms with Gasteiger partial charge in [-0.1, -0.05) is 12.8 Å². The van der Waals surface area contributed by atoms with Gasteiger partial charge < -0.3 is 20.6 Å². The Balaban J connectivity index is 2.07. The minimum Gasteiger partial charge on any atom is -0.508 e. The van der Waals surface area contributed by atoms with Gasteiger partial charge in [0.25, 0.3) is 0 Å². The van der Waals surface area contributed by atoms with E-state index >= 15 is 0 Å². The van der Waals surface area contributed by atoms with E-state index in [0.29, 0.717) is 5.56 Å². The van der Waals surface area contributed by atoms with E-state index in [9.17, 15) is 15.3 Å². The number of phenols is 2. The Morgan fingerprint density at radius 1 is 1.26 bits per heavy atom. The summed E-state index contributed by atoms with van der Waals surface area (Å²) in [4.78, 5) is 0. The van der Waals surface area contributed by atoms with E-state index in [-0.39, 0.29) is 36.1 Å². The van der Waals surface area contributed by atoms with Crippen LogP contribution >= 0.6 is 0 Å². The second-order valence-electron chi connectivity index (χ2n) is 5.47. The van der Waals surface area contributed by atoms with Gasteiger partial charge in [0.15, 0.2) is 0 Å². The van der Waals surface area contributed by atoms with Gasteiger partial charge in [-0.2, -0.15) is 0 Å². The van der Waals surface area contributed by atoms with Crippen molar-refractivity contribution in [1.29, 1.82) is 0 Å². The lowest BCUT2D eigenvalue weighted by Crippen LogP contribution is -2.41. The van der Waals surface area contributed by atoms with E-state index in [0.717, 1.165) is 12.8 Å². The van der Waals surface area contributed by atoms with Gasteiger partial charge in [-0.05, 0) is 43.9 Å². The Bertz CT molecular complexity index is 422. The van der Waals surface area contributed by atoms with Crippen molar-refractivity contribution in [3.8, 4) is 11.5 Å². The molecule has 19 heavy (non-hydrogen) atoms. The molecule has 1 aromatic rings. The van der Waals surface area contributed by atoms with Crippen molar-refractivity contribution in [2.45, 2.75) is 44.7 Å². The van der Waals surface area contributed by atoms with E-state index in [1.54, 1.807) is 6.07 Å². The molecular weight excluding hydrogens is 242 g/mol. The molecule has 0 spiro atoms. The van der Waals surface area contributed by atoms with Crippen molar-refractivity contribution in [2.75, 3.05) is 6.61 Å². The Hall–Kier alpha value is -1.26. The summed E-state index contributed by atoms with van der Waals surface area (Å²) < 4.78 is 0. The lowest BCUT2D eigenvalue weighted by atomic mass is 9.84. The van der Waals surface area contributed by atoms with Crippen molar-refractivity contribution in [3.05, 3.63) is 23.8 Å². The quantitative estimate of drug-likeness (QED) is 0.630. The molecule has 0 aromatic heterocycles. The molecule has 106 valence electrons. The van der Waals surface area contributed by atoms with Crippen molar-refractivity contribution < 1.29 is 15.3 Å². The third kappa shape index (κ3) is 3.39. The zero-order valence-corrected chi connectivity index (χ0v) is 11.3. The highest BCUT2D eigenvalue weighted by Gasteiger charge is 2.26. The molecule has 0 aliphatic heterocycles. The maximum absolute atomic E-state index is 9.86. The summed E-state index contributed by atoms with van der Waals surface area (Å²) in [5, 5.41) is 32.3. The van der Waals surface area contributed by atoms with E-state index < -0.39 is 0 Å². The van der Waals surface area contributed by atoms with Gasteiger partial charge >= 0.3 is 0 Å². The minimum atomic E-state index is -0.0516. The van der Waals surface area contributed by atoms with Crippen LogP contribution in [0, 0.1) is 5.92 Å². The van der Waals surface area contributed by atoms with Gasteiger partial charge in [0, 0.05) is 24.3 Å². The number of aromatic hydroxyl groups is 2.